The maximum Gasteiger partial charge on any atom is 0.266 e. The molecule has 0 aromatic rings. The maximum atomic E-state index is 9.44. The number of nitriles is 1. The molecular weight excluding hydrogens is 244 g/mol. The first-order chi connectivity index (χ1) is 5.15. The molecule has 0 aromatic heterocycles. The Bertz CT molecular complexity index is 137. The summed E-state index contributed by atoms with van der Waals surface area (Å²) in [5.74, 6) is 0.167. The summed E-state index contributed by atoms with van der Waals surface area (Å²) in [6.07, 6.45) is 0. The minimum absolute atomic E-state index is 0.167. The Morgan fingerprint density at radius 1 is 1.25 bits per heavy atom. The topological polar surface area (TPSA) is 40.9 Å². The van der Waals surface area contributed by atoms with Gasteiger partial charge in [-0.05, 0) is 13.8 Å². The van der Waals surface area contributed by atoms with Crippen LogP contribution in [0, 0.1) is 11.3 Å². The zero-order valence-corrected chi connectivity index (χ0v) is 9.89. The summed E-state index contributed by atoms with van der Waals surface area (Å²) in [6.45, 7) is 4.49. The fraction of sp³-hybridized carbons (Fsp3) is 0.667. The van der Waals surface area contributed by atoms with Crippen molar-refractivity contribution in [3.05, 3.63) is 0 Å². The van der Waals surface area contributed by atoms with Crippen molar-refractivity contribution in [2.45, 2.75) is 24.0 Å². The molecule has 0 amide bonds. The van der Waals surface area contributed by atoms with Gasteiger partial charge in [0.2, 0.25) is 0 Å². The van der Waals surface area contributed by atoms with Gasteiger partial charge < -0.3 is 4.79 Å². The van der Waals surface area contributed by atoms with E-state index in [0.717, 1.165) is 0 Å². The lowest BCUT2D eigenvalue weighted by Gasteiger charge is -1.91. The van der Waals surface area contributed by atoms with Crippen LogP contribution in [0.3, 0.4) is 0 Å². The molecule has 0 bridgehead atoms. The van der Waals surface area contributed by atoms with E-state index < -0.39 is 3.25 Å². The number of rotatable bonds is 0. The van der Waals surface area contributed by atoms with Gasteiger partial charge in [-0.1, -0.05) is 46.4 Å². The van der Waals surface area contributed by atoms with Crippen LogP contribution in [-0.4, -0.2) is 9.03 Å². The molecule has 6 heteroatoms. The van der Waals surface area contributed by atoms with Crippen LogP contribution in [0.2, 0.25) is 0 Å². The molecule has 72 valence electrons. The number of hydrogen-bond donors (Lipinski definition) is 0. The Morgan fingerprint density at radius 2 is 1.25 bits per heavy atom. The molecule has 0 radical (unpaired) electrons. The van der Waals surface area contributed by atoms with Gasteiger partial charge in [-0.25, -0.2) is 0 Å². The van der Waals surface area contributed by atoms with E-state index in [1.807, 2.05) is 0 Å². The molecule has 0 unspecified atom stereocenters. The van der Waals surface area contributed by atoms with Crippen molar-refractivity contribution in [2.75, 3.05) is 0 Å². The SMILES string of the molecule is CC#N.CC(C)=O.ClC(Cl)(Cl)Cl. The minimum atomic E-state index is -1.61. The molecule has 0 aliphatic carbocycles. The van der Waals surface area contributed by atoms with E-state index in [4.69, 9.17) is 51.7 Å². The van der Waals surface area contributed by atoms with Crippen LogP contribution >= 0.6 is 46.4 Å². The molecule has 0 N–H and O–H groups in total. The first-order valence-corrected chi connectivity index (χ1v) is 4.20. The second-order valence-corrected chi connectivity index (χ2v) is 4.99. The molecule has 0 aliphatic heterocycles. The van der Waals surface area contributed by atoms with Crippen molar-refractivity contribution < 1.29 is 4.79 Å². The maximum absolute atomic E-state index is 9.44. The van der Waals surface area contributed by atoms with E-state index >= 15 is 0 Å². The second-order valence-electron chi connectivity index (χ2n) is 1.56. The van der Waals surface area contributed by atoms with Crippen molar-refractivity contribution in [2.24, 2.45) is 0 Å². The van der Waals surface area contributed by atoms with Crippen LogP contribution in [0.25, 0.3) is 0 Å². The largest absolute Gasteiger partial charge is 0.300 e. The number of hydrogen-bond acceptors (Lipinski definition) is 2. The van der Waals surface area contributed by atoms with Gasteiger partial charge in [-0.15, -0.1) is 0 Å². The third-order valence-electron chi connectivity index (χ3n) is 0. The molecule has 0 saturated heterocycles. The highest BCUT2D eigenvalue weighted by molar-refractivity contribution is 6.83. The second kappa shape index (κ2) is 11.3. The monoisotopic (exact) mass is 251 g/mol. The quantitative estimate of drug-likeness (QED) is 0.618. The molecule has 0 aromatic carbocycles. The standard InChI is InChI=1S/C3H6O.C2H3N.CCl4/c1-3(2)4;1-2-3;2-1(3,4)5/h1-2H3;1H3;. The average molecular weight is 253 g/mol. The van der Waals surface area contributed by atoms with Gasteiger partial charge in [0.05, 0.1) is 6.07 Å². The van der Waals surface area contributed by atoms with E-state index in [1.54, 1.807) is 6.07 Å². The van der Waals surface area contributed by atoms with E-state index in [1.165, 1.54) is 20.8 Å². The van der Waals surface area contributed by atoms with Crippen LogP contribution in [0.15, 0.2) is 0 Å². The number of nitrogens with zero attached hydrogens (tertiary/aromatic N) is 1. The van der Waals surface area contributed by atoms with Crippen LogP contribution < -0.4 is 0 Å². The van der Waals surface area contributed by atoms with Gasteiger partial charge in [0.15, 0.2) is 0 Å². The molecule has 0 spiro atoms. The Hall–Kier alpha value is 0.320. The van der Waals surface area contributed by atoms with Crippen LogP contribution in [0.1, 0.15) is 20.8 Å². The van der Waals surface area contributed by atoms with Gasteiger partial charge in [0.1, 0.15) is 5.78 Å². The van der Waals surface area contributed by atoms with E-state index in [2.05, 4.69) is 0 Å². The normalized spacial score (nSPS) is 7.83. The summed E-state index contributed by atoms with van der Waals surface area (Å²) in [4.78, 5) is 9.44. The van der Waals surface area contributed by atoms with Gasteiger partial charge in [0, 0.05) is 6.92 Å². The Kier molecular flexibility index (Phi) is 17.1. The van der Waals surface area contributed by atoms with Crippen LogP contribution in [0.5, 0.6) is 0 Å². The third kappa shape index (κ3) is 8750. The number of halogens is 4. The molecule has 0 fully saturated rings. The zero-order chi connectivity index (χ0) is 10.8. The first kappa shape index (κ1) is 18.2. The molecule has 0 saturated carbocycles. The zero-order valence-electron chi connectivity index (χ0n) is 6.87. The predicted molar refractivity (Wildman–Crippen MR) is 53.8 cm³/mol. The highest BCUT2D eigenvalue weighted by Crippen LogP contribution is 2.29. The van der Waals surface area contributed by atoms with E-state index in [-0.39, 0.29) is 5.78 Å². The summed E-state index contributed by atoms with van der Waals surface area (Å²) in [6, 6.07) is 1.75. The van der Waals surface area contributed by atoms with Crippen molar-refractivity contribution in [3.63, 3.8) is 0 Å². The predicted octanol–water partition coefficient (Wildman–Crippen LogP) is 3.68. The summed E-state index contributed by atoms with van der Waals surface area (Å²) in [5.41, 5.74) is 0. The molecule has 12 heavy (non-hydrogen) atoms. The average Bonchev–Trinajstić information content (AvgIpc) is 1.56. The molecule has 0 heterocycles. The van der Waals surface area contributed by atoms with Crippen molar-refractivity contribution in [1.82, 2.24) is 0 Å². The number of ketones is 1. The Balaban J connectivity index is -0.000000105. The van der Waals surface area contributed by atoms with Crippen LogP contribution in [-0.2, 0) is 4.79 Å². The summed E-state index contributed by atoms with van der Waals surface area (Å²) >= 11 is 19.3. The van der Waals surface area contributed by atoms with Crippen LogP contribution in [0.4, 0.5) is 0 Å². The lowest BCUT2D eigenvalue weighted by molar-refractivity contribution is -0.114. The minimum Gasteiger partial charge on any atom is -0.300 e. The lowest BCUT2D eigenvalue weighted by Crippen LogP contribution is -1.81. The first-order valence-electron chi connectivity index (χ1n) is 2.68. The van der Waals surface area contributed by atoms with Gasteiger partial charge in [-0.3, -0.25) is 0 Å². The highest BCUT2D eigenvalue weighted by atomic mass is 35.6. The summed E-state index contributed by atoms with van der Waals surface area (Å²) < 4.78 is -1.61. The number of carbonyl (C=O) groups is 1. The molecule has 0 aliphatic rings. The fourth-order valence-electron chi connectivity index (χ4n) is 0. The Morgan fingerprint density at radius 3 is 1.25 bits per heavy atom. The number of alkyl halides is 4. The number of carbonyl (C=O) groups excluding carboxylic acids is 1. The van der Waals surface area contributed by atoms with Gasteiger partial charge >= 0.3 is 0 Å². The molecular formula is C6H9Cl4NO. The smallest absolute Gasteiger partial charge is 0.266 e. The number of Topliss-reactive ketones (excluding diaryl/α,β-unsaturated/α-hetero) is 1. The lowest BCUT2D eigenvalue weighted by atomic mass is 10.6. The fourth-order valence-corrected chi connectivity index (χ4v) is 0. The summed E-state index contributed by atoms with van der Waals surface area (Å²) in [7, 11) is 0. The highest BCUT2D eigenvalue weighted by Gasteiger charge is 2.11. The van der Waals surface area contributed by atoms with Crippen molar-refractivity contribution in [3.8, 4) is 6.07 Å². The summed E-state index contributed by atoms with van der Waals surface area (Å²) in [5, 5.41) is 7.32. The van der Waals surface area contributed by atoms with E-state index in [0.29, 0.717) is 0 Å². The third-order valence-corrected chi connectivity index (χ3v) is 0. The molecule has 0 atom stereocenters. The van der Waals surface area contributed by atoms with Gasteiger partial charge in [-0.2, -0.15) is 5.26 Å². The molecule has 0 rings (SSSR count). The van der Waals surface area contributed by atoms with Crippen molar-refractivity contribution in [1.29, 1.82) is 5.26 Å². The van der Waals surface area contributed by atoms with Crippen molar-refractivity contribution >= 4 is 52.2 Å². The van der Waals surface area contributed by atoms with Gasteiger partial charge in [0.25, 0.3) is 3.25 Å². The molecule has 2 nitrogen and oxygen atoms in total. The van der Waals surface area contributed by atoms with E-state index in [9.17, 15) is 4.79 Å². The Labute approximate surface area is 92.3 Å².